The highest BCUT2D eigenvalue weighted by atomic mass is 32.1. The predicted octanol–water partition coefficient (Wildman–Crippen LogP) is 2.59. The van der Waals surface area contributed by atoms with E-state index in [0.29, 0.717) is 20.3 Å². The highest BCUT2D eigenvalue weighted by Crippen LogP contribution is 2.30. The zero-order valence-electron chi connectivity index (χ0n) is 10.6. The summed E-state index contributed by atoms with van der Waals surface area (Å²) >= 11 is 6.12. The van der Waals surface area contributed by atoms with E-state index in [2.05, 4.69) is 15.5 Å². The van der Waals surface area contributed by atoms with E-state index in [4.69, 9.17) is 17.3 Å². The van der Waals surface area contributed by atoms with E-state index < -0.39 is 24.3 Å². The molecule has 0 aliphatic carbocycles. The lowest BCUT2D eigenvalue weighted by Crippen LogP contribution is -2.17. The fourth-order valence-electron chi connectivity index (χ4n) is 1.82. The zero-order chi connectivity index (χ0) is 15.4. The summed E-state index contributed by atoms with van der Waals surface area (Å²) in [6.07, 6.45) is -0.496. The molecule has 0 fully saturated rings. The number of aromatic nitrogens is 2. The lowest BCUT2D eigenvalue weighted by atomic mass is 9.94. The van der Waals surface area contributed by atoms with Crippen LogP contribution in [0.4, 0.5) is 10.8 Å². The number of carbonyl (C=O) groups is 2. The third-order valence-corrected chi connectivity index (χ3v) is 3.70. The molecule has 1 heterocycles. The van der Waals surface area contributed by atoms with Gasteiger partial charge in [-0.2, -0.15) is 0 Å². The molecule has 2 rings (SSSR count). The molecule has 1 aromatic heterocycles. The predicted molar refractivity (Wildman–Crippen MR) is 79.7 cm³/mol. The van der Waals surface area contributed by atoms with Crippen LogP contribution in [0.5, 0.6) is 0 Å². The minimum atomic E-state index is -1.19. The van der Waals surface area contributed by atoms with Crippen molar-refractivity contribution in [3.63, 3.8) is 0 Å². The lowest BCUT2D eigenvalue weighted by Gasteiger charge is -2.15. The van der Waals surface area contributed by atoms with Gasteiger partial charge in [-0.15, -0.1) is 5.10 Å². The number of carboxylic acids is 2. The number of rotatable bonds is 6. The number of hydrogen-bond acceptors (Lipinski definition) is 6. The summed E-state index contributed by atoms with van der Waals surface area (Å²) in [5.41, 5.74) is 0.873. The van der Waals surface area contributed by atoms with Gasteiger partial charge >= 0.3 is 11.9 Å². The summed E-state index contributed by atoms with van der Waals surface area (Å²) < 4.78 is 0.482. The first-order valence-corrected chi connectivity index (χ1v) is 7.06. The summed E-state index contributed by atoms with van der Waals surface area (Å²) in [5.74, 6) is -3.51. The fraction of sp³-hybridized carbons (Fsp3) is 0.167. The molecule has 0 saturated heterocycles. The van der Waals surface area contributed by atoms with Gasteiger partial charge in [0.15, 0.2) is 3.95 Å². The third kappa shape index (κ3) is 3.86. The van der Waals surface area contributed by atoms with Gasteiger partial charge in [-0.3, -0.25) is 14.7 Å². The van der Waals surface area contributed by atoms with Crippen molar-refractivity contribution in [3.05, 3.63) is 33.8 Å². The molecule has 0 aliphatic heterocycles. The van der Waals surface area contributed by atoms with Gasteiger partial charge in [0.25, 0.3) is 0 Å². The van der Waals surface area contributed by atoms with Crippen molar-refractivity contribution >= 4 is 46.3 Å². The first-order valence-electron chi connectivity index (χ1n) is 5.83. The van der Waals surface area contributed by atoms with Crippen molar-refractivity contribution in [1.29, 1.82) is 0 Å². The molecule has 0 aliphatic rings. The van der Waals surface area contributed by atoms with Crippen LogP contribution in [-0.4, -0.2) is 32.3 Å². The van der Waals surface area contributed by atoms with E-state index in [-0.39, 0.29) is 0 Å². The maximum absolute atomic E-state index is 11.3. The van der Waals surface area contributed by atoms with Crippen LogP contribution in [0.2, 0.25) is 0 Å². The van der Waals surface area contributed by atoms with Crippen LogP contribution in [-0.2, 0) is 9.59 Å². The number of aliphatic carboxylic acids is 2. The molecule has 1 atom stereocenters. The van der Waals surface area contributed by atoms with E-state index in [9.17, 15) is 14.7 Å². The molecule has 0 saturated carbocycles. The molecule has 0 amide bonds. The van der Waals surface area contributed by atoms with Crippen molar-refractivity contribution in [2.45, 2.75) is 12.3 Å². The maximum atomic E-state index is 11.3. The summed E-state index contributed by atoms with van der Waals surface area (Å²) in [6.45, 7) is 0. The number of anilines is 2. The average molecular weight is 325 g/mol. The summed E-state index contributed by atoms with van der Waals surface area (Å²) in [6, 6.07) is 6.62. The van der Waals surface area contributed by atoms with Crippen molar-refractivity contribution in [1.82, 2.24) is 10.2 Å². The van der Waals surface area contributed by atoms with Crippen LogP contribution < -0.4 is 5.32 Å². The minimum Gasteiger partial charge on any atom is -0.481 e. The van der Waals surface area contributed by atoms with Gasteiger partial charge in [-0.1, -0.05) is 29.5 Å². The standard InChI is InChI=1S/C12H11N3O4S2/c16-9(17)5-7(10(18)19)6-3-1-2-4-8(6)13-11-14-15-12(20)21-11/h1-4,7H,5H2,(H,13,14)(H,15,20)(H,16,17)(H,18,19). The zero-order valence-corrected chi connectivity index (χ0v) is 12.2. The van der Waals surface area contributed by atoms with Crippen LogP contribution >= 0.6 is 23.6 Å². The number of benzene rings is 1. The van der Waals surface area contributed by atoms with Crippen molar-refractivity contribution < 1.29 is 19.8 Å². The Kier molecular flexibility index (Phi) is 4.66. The van der Waals surface area contributed by atoms with E-state index in [1.165, 1.54) is 11.3 Å². The second kappa shape index (κ2) is 6.46. The molecule has 2 aromatic rings. The SMILES string of the molecule is O=C(O)CC(C(=O)O)c1ccccc1Nc1n[nH]c(=S)s1. The quantitative estimate of drug-likeness (QED) is 0.603. The number of H-pyrrole nitrogens is 1. The highest BCUT2D eigenvalue weighted by Gasteiger charge is 2.25. The van der Waals surface area contributed by atoms with Gasteiger partial charge in [-0.05, 0) is 23.8 Å². The van der Waals surface area contributed by atoms with Crippen molar-refractivity contribution in [3.8, 4) is 0 Å². The number of hydrogen-bond donors (Lipinski definition) is 4. The van der Waals surface area contributed by atoms with Gasteiger partial charge < -0.3 is 15.5 Å². The van der Waals surface area contributed by atoms with E-state index in [1.807, 2.05) is 0 Å². The summed E-state index contributed by atoms with van der Waals surface area (Å²) in [7, 11) is 0. The summed E-state index contributed by atoms with van der Waals surface area (Å²) in [5, 5.41) is 28.1. The first kappa shape index (κ1) is 15.1. The number of nitrogens with one attached hydrogen (secondary N) is 2. The Labute approximate surface area is 128 Å². The molecule has 9 heteroatoms. The highest BCUT2D eigenvalue weighted by molar-refractivity contribution is 7.73. The monoisotopic (exact) mass is 325 g/mol. The molecule has 0 spiro atoms. The number of carboxylic acid groups (broad SMARTS) is 2. The van der Waals surface area contributed by atoms with Gasteiger partial charge in [-0.25, -0.2) is 0 Å². The minimum absolute atomic E-state index is 0.383. The smallest absolute Gasteiger partial charge is 0.311 e. The van der Waals surface area contributed by atoms with E-state index in [0.717, 1.165) is 0 Å². The molecule has 1 unspecified atom stereocenters. The molecule has 1 aromatic carbocycles. The molecule has 7 nitrogen and oxygen atoms in total. The molecular weight excluding hydrogens is 314 g/mol. The number of para-hydroxylation sites is 1. The lowest BCUT2D eigenvalue weighted by molar-refractivity contribution is -0.145. The molecule has 21 heavy (non-hydrogen) atoms. The maximum Gasteiger partial charge on any atom is 0.311 e. The molecule has 4 N–H and O–H groups in total. The third-order valence-electron chi connectivity index (χ3n) is 2.69. The average Bonchev–Trinajstić information content (AvgIpc) is 2.82. The Hall–Kier alpha value is -2.26. The Morgan fingerprint density at radius 1 is 1.38 bits per heavy atom. The van der Waals surface area contributed by atoms with E-state index in [1.54, 1.807) is 24.3 Å². The van der Waals surface area contributed by atoms with Crippen LogP contribution in [0.15, 0.2) is 24.3 Å². The van der Waals surface area contributed by atoms with Crippen LogP contribution in [0.3, 0.4) is 0 Å². The molecule has 110 valence electrons. The second-order valence-corrected chi connectivity index (χ2v) is 5.78. The first-order chi connectivity index (χ1) is 9.97. The second-order valence-electron chi connectivity index (χ2n) is 4.12. The van der Waals surface area contributed by atoms with Crippen molar-refractivity contribution in [2.24, 2.45) is 0 Å². The number of nitrogens with zero attached hydrogens (tertiary/aromatic N) is 1. The van der Waals surface area contributed by atoms with Crippen LogP contribution in [0.25, 0.3) is 0 Å². The van der Waals surface area contributed by atoms with Crippen LogP contribution in [0, 0.1) is 3.95 Å². The largest absolute Gasteiger partial charge is 0.481 e. The van der Waals surface area contributed by atoms with Crippen molar-refractivity contribution in [2.75, 3.05) is 5.32 Å². The molecule has 0 bridgehead atoms. The van der Waals surface area contributed by atoms with Gasteiger partial charge in [0.1, 0.15) is 0 Å². The Morgan fingerprint density at radius 3 is 2.67 bits per heavy atom. The van der Waals surface area contributed by atoms with Crippen LogP contribution in [0.1, 0.15) is 17.9 Å². The topological polar surface area (TPSA) is 115 Å². The normalized spacial score (nSPS) is 11.8. The molecular formula is C12H11N3O4S2. The van der Waals surface area contributed by atoms with Gasteiger partial charge in [0, 0.05) is 5.69 Å². The molecule has 0 radical (unpaired) electrons. The Bertz CT molecular complexity index is 725. The van der Waals surface area contributed by atoms with E-state index >= 15 is 0 Å². The number of aromatic amines is 1. The van der Waals surface area contributed by atoms with Gasteiger partial charge in [0.05, 0.1) is 12.3 Å². The van der Waals surface area contributed by atoms with Gasteiger partial charge in [0.2, 0.25) is 5.13 Å². The Morgan fingerprint density at radius 2 is 2.10 bits per heavy atom. The Balaban J connectivity index is 2.36. The fourth-order valence-corrected chi connectivity index (χ4v) is 2.62. The summed E-state index contributed by atoms with van der Waals surface area (Å²) in [4.78, 5) is 22.2.